The van der Waals surface area contributed by atoms with E-state index < -0.39 is 195 Å². The van der Waals surface area contributed by atoms with E-state index in [2.05, 4.69) is 26.0 Å². The normalized spacial score (nSPS) is 13.6. The Balaban J connectivity index is 0.000000443. The maximum atomic E-state index is 14.2. The SMILES string of the molecule is Cc1cccc([S+](CC#N)CC(=O)c2ccccc2)c1C.FC(F)(F)c1cc([B-](c2cc(C(F)(F)F)cc(C(F)(F)F)c2)(c2cc(C(F)(F)F)cc(C(F)(F)F)c2)c2cc(C(F)(F)F)cc(C(F)(F)F)c2)cc(C(F)(F)F)c1. The first-order chi connectivity index (χ1) is 35.4. The van der Waals surface area contributed by atoms with Crippen LogP contribution >= 0.6 is 0 Å². The van der Waals surface area contributed by atoms with E-state index in [4.69, 9.17) is 5.26 Å². The fourth-order valence-electron chi connectivity index (χ4n) is 8.26. The minimum atomic E-state index is -6.13. The molecule has 0 saturated heterocycles. The second kappa shape index (κ2) is 21.8. The van der Waals surface area contributed by atoms with Crippen molar-refractivity contribution in [1.82, 2.24) is 0 Å². The van der Waals surface area contributed by atoms with Crippen molar-refractivity contribution in [2.75, 3.05) is 11.5 Å². The van der Waals surface area contributed by atoms with Crippen molar-refractivity contribution in [1.29, 1.82) is 5.26 Å². The van der Waals surface area contributed by atoms with Gasteiger partial charge < -0.3 is 0 Å². The second-order valence-electron chi connectivity index (χ2n) is 17.1. The molecule has 0 aromatic heterocycles. The van der Waals surface area contributed by atoms with E-state index in [1.54, 1.807) is 0 Å². The number of Topliss-reactive ketones (excluding diaryl/α,β-unsaturated/α-hetero) is 1. The molecule has 28 heteroatoms. The average molecular weight is 1160 g/mol. The van der Waals surface area contributed by atoms with Crippen molar-refractivity contribution in [3.8, 4) is 6.07 Å². The standard InChI is InChI=1S/C32H12BF24.C18H18NOS/c34-25(35,36)13-1-14(26(37,38)39)6-21(5-13)33(22-7-15(27(40,41)42)2-16(8-22)28(43,44)45,23-9-17(29(46,47)48)3-18(10-23)30(49,50)51)24-11-19(31(52,53)54)4-20(12-24)32(55,56)57;1-14-7-6-10-18(15(14)2)21(12-11-19)13-17(20)16-8-4-3-5-9-16/h1-12H;3-10H,12-13H2,1-2H3/q-1;+1. The molecule has 0 radical (unpaired) electrons. The van der Waals surface area contributed by atoms with E-state index in [1.165, 1.54) is 11.1 Å². The molecule has 0 aliphatic heterocycles. The van der Waals surface area contributed by atoms with Crippen LogP contribution in [0.3, 0.4) is 0 Å². The fraction of sp³-hybridized carbons (Fsp3) is 0.240. The maximum Gasteiger partial charge on any atom is 0.416 e. The number of alkyl halides is 24. The first-order valence-corrected chi connectivity index (χ1v) is 23.0. The minimum absolute atomic E-state index is 0.107. The van der Waals surface area contributed by atoms with E-state index in [1.807, 2.05) is 42.5 Å². The summed E-state index contributed by atoms with van der Waals surface area (Å²) < 4.78 is 341. The van der Waals surface area contributed by atoms with Crippen LogP contribution in [0.4, 0.5) is 105 Å². The lowest BCUT2D eigenvalue weighted by Gasteiger charge is -2.46. The first-order valence-electron chi connectivity index (χ1n) is 21.4. The number of hydrogen-bond donors (Lipinski definition) is 0. The monoisotopic (exact) mass is 1160 g/mol. The van der Waals surface area contributed by atoms with Gasteiger partial charge in [0.25, 0.3) is 0 Å². The lowest BCUT2D eigenvalue weighted by Crippen LogP contribution is -2.75. The summed E-state index contributed by atoms with van der Waals surface area (Å²) in [6.45, 7) is 4.13. The number of nitrogens with zero attached hydrogens (tertiary/aromatic N) is 1. The molecule has 0 spiro atoms. The zero-order valence-corrected chi connectivity index (χ0v) is 39.7. The Bertz CT molecular complexity index is 2760. The second-order valence-corrected chi connectivity index (χ2v) is 19.2. The third-order valence-electron chi connectivity index (χ3n) is 11.9. The predicted octanol–water partition coefficient (Wildman–Crippen LogP) is 14.9. The zero-order chi connectivity index (χ0) is 59.2. The lowest BCUT2D eigenvalue weighted by atomic mass is 9.12. The number of ketones is 1. The van der Waals surface area contributed by atoms with Gasteiger partial charge in [-0.3, -0.25) is 4.79 Å². The molecule has 1 atom stereocenters. The molecule has 418 valence electrons. The molecule has 1 unspecified atom stereocenters. The molecule has 0 fully saturated rings. The Kier molecular flexibility index (Phi) is 17.3. The number of carbonyl (C=O) groups excluding carboxylic acids is 1. The highest BCUT2D eigenvalue weighted by molar-refractivity contribution is 7.97. The summed E-state index contributed by atoms with van der Waals surface area (Å²) in [5.41, 5.74) is -27.1. The van der Waals surface area contributed by atoms with E-state index in [0.717, 1.165) is 10.5 Å². The van der Waals surface area contributed by atoms with Gasteiger partial charge in [-0.2, -0.15) is 132 Å². The number of halogens is 24. The summed E-state index contributed by atoms with van der Waals surface area (Å²) in [6, 6.07) is 8.83. The Morgan fingerprint density at radius 3 is 0.923 bits per heavy atom. The molecular formula is C50H30BF24NOS. The van der Waals surface area contributed by atoms with E-state index >= 15 is 0 Å². The van der Waals surface area contributed by atoms with Crippen molar-refractivity contribution < 1.29 is 110 Å². The molecule has 2 nitrogen and oxygen atoms in total. The van der Waals surface area contributed by atoms with Gasteiger partial charge in [-0.1, -0.05) is 91.0 Å². The molecular weight excluding hydrogens is 1130 g/mol. The molecule has 0 aliphatic carbocycles. The topological polar surface area (TPSA) is 40.9 Å². The highest BCUT2D eigenvalue weighted by Gasteiger charge is 2.47. The van der Waals surface area contributed by atoms with Crippen LogP contribution in [0.25, 0.3) is 0 Å². The van der Waals surface area contributed by atoms with Gasteiger partial charge in [0.15, 0.2) is 16.4 Å². The van der Waals surface area contributed by atoms with Gasteiger partial charge in [0.05, 0.1) is 44.5 Å². The third kappa shape index (κ3) is 14.3. The van der Waals surface area contributed by atoms with Crippen LogP contribution in [0.2, 0.25) is 0 Å². The number of nitriles is 1. The van der Waals surface area contributed by atoms with Crippen LogP contribution in [0.15, 0.2) is 126 Å². The van der Waals surface area contributed by atoms with Crippen LogP contribution in [0, 0.1) is 25.2 Å². The summed E-state index contributed by atoms with van der Waals surface area (Å²) in [7, 11) is -0.351. The van der Waals surface area contributed by atoms with E-state index in [0.29, 0.717) is 11.5 Å². The van der Waals surface area contributed by atoms with Gasteiger partial charge in [-0.25, -0.2) is 0 Å². The van der Waals surface area contributed by atoms with Crippen molar-refractivity contribution in [3.63, 3.8) is 0 Å². The Morgan fingerprint density at radius 2 is 0.679 bits per heavy atom. The molecule has 0 heterocycles. The first kappa shape index (κ1) is 62.1. The molecule has 0 saturated carbocycles. The molecule has 6 aromatic rings. The molecule has 0 aliphatic rings. The molecule has 78 heavy (non-hydrogen) atoms. The summed E-state index contributed by atoms with van der Waals surface area (Å²) >= 11 is 0. The van der Waals surface area contributed by atoms with Gasteiger partial charge in [0.1, 0.15) is 12.2 Å². The van der Waals surface area contributed by atoms with Gasteiger partial charge >= 0.3 is 49.4 Å². The number of hydrogen-bond acceptors (Lipinski definition) is 2. The average Bonchev–Trinajstić information content (AvgIpc) is 3.30. The highest BCUT2D eigenvalue weighted by atomic mass is 32.2. The molecule has 0 bridgehead atoms. The van der Waals surface area contributed by atoms with E-state index in [-0.39, 0.29) is 16.7 Å². The Hall–Kier alpha value is -6.79. The van der Waals surface area contributed by atoms with Gasteiger partial charge in [0, 0.05) is 22.0 Å². The molecule has 0 amide bonds. The van der Waals surface area contributed by atoms with Crippen LogP contribution < -0.4 is 21.9 Å². The number of rotatable bonds is 9. The fourth-order valence-corrected chi connectivity index (χ4v) is 10.2. The molecule has 6 rings (SSSR count). The van der Waals surface area contributed by atoms with Crippen LogP contribution in [0.5, 0.6) is 0 Å². The van der Waals surface area contributed by atoms with Crippen LogP contribution in [-0.2, 0) is 60.3 Å². The third-order valence-corrected chi connectivity index (χ3v) is 14.1. The zero-order valence-electron chi connectivity index (χ0n) is 38.9. The van der Waals surface area contributed by atoms with Gasteiger partial charge in [-0.05, 0) is 49.7 Å². The van der Waals surface area contributed by atoms with E-state index in [9.17, 15) is 110 Å². The van der Waals surface area contributed by atoms with Crippen molar-refractivity contribution in [2.24, 2.45) is 0 Å². The van der Waals surface area contributed by atoms with Crippen molar-refractivity contribution in [3.05, 3.63) is 183 Å². The van der Waals surface area contributed by atoms with Crippen molar-refractivity contribution in [2.45, 2.75) is 68.2 Å². The largest absolute Gasteiger partial charge is 0.416 e. The summed E-state index contributed by atoms with van der Waals surface area (Å²) in [6.07, 6.45) is -54.8. The lowest BCUT2D eigenvalue weighted by molar-refractivity contribution is -0.144. The minimum Gasteiger partial charge on any atom is -0.289 e. The van der Waals surface area contributed by atoms with Crippen molar-refractivity contribution >= 4 is 44.7 Å². The summed E-state index contributed by atoms with van der Waals surface area (Å²) in [5.74, 6) is 0.903. The predicted molar refractivity (Wildman–Crippen MR) is 238 cm³/mol. The van der Waals surface area contributed by atoms with Gasteiger partial charge in [0.2, 0.25) is 5.78 Å². The smallest absolute Gasteiger partial charge is 0.289 e. The number of carbonyl (C=O) groups is 1. The Labute approximate surface area is 427 Å². The molecule has 0 N–H and O–H groups in total. The molecule has 6 aromatic carbocycles. The van der Waals surface area contributed by atoms with Crippen LogP contribution in [0.1, 0.15) is 66.0 Å². The Morgan fingerprint density at radius 1 is 0.410 bits per heavy atom. The maximum absolute atomic E-state index is 14.2. The summed E-state index contributed by atoms with van der Waals surface area (Å²) in [4.78, 5) is 13.5. The number of aryl methyl sites for hydroxylation is 1. The number of benzene rings is 6. The highest BCUT2D eigenvalue weighted by Crippen LogP contribution is 2.41. The quantitative estimate of drug-likeness (QED) is 0.0626. The van der Waals surface area contributed by atoms with Crippen LogP contribution in [-0.4, -0.2) is 23.4 Å². The summed E-state index contributed by atoms with van der Waals surface area (Å²) in [5, 5.41) is 9.09. The van der Waals surface area contributed by atoms with Gasteiger partial charge in [-0.15, -0.1) is 0 Å².